The Hall–Kier alpha value is -0.220. The van der Waals surface area contributed by atoms with Crippen LogP contribution >= 0.6 is 11.8 Å². The third-order valence-corrected chi connectivity index (χ3v) is 4.47. The zero-order valence-electron chi connectivity index (χ0n) is 10.7. The molecule has 0 saturated heterocycles. The van der Waals surface area contributed by atoms with Crippen molar-refractivity contribution < 1.29 is 9.53 Å². The van der Waals surface area contributed by atoms with Gasteiger partial charge in [-0.1, -0.05) is 6.42 Å². The Morgan fingerprint density at radius 1 is 1.50 bits per heavy atom. The Morgan fingerprint density at radius 2 is 2.19 bits per heavy atom. The number of esters is 1. The molecule has 1 fully saturated rings. The summed E-state index contributed by atoms with van der Waals surface area (Å²) in [7, 11) is 1.45. The van der Waals surface area contributed by atoms with Gasteiger partial charge in [0.05, 0.1) is 12.5 Å². The molecular weight excluding hydrogens is 222 g/mol. The lowest BCUT2D eigenvalue weighted by Gasteiger charge is -2.26. The second kappa shape index (κ2) is 5.92. The summed E-state index contributed by atoms with van der Waals surface area (Å²) in [5.41, 5.74) is -0.430. The first-order valence-corrected chi connectivity index (χ1v) is 7.14. The summed E-state index contributed by atoms with van der Waals surface area (Å²) in [6, 6.07) is 0.555. The van der Waals surface area contributed by atoms with Gasteiger partial charge in [0.25, 0.3) is 0 Å². The quantitative estimate of drug-likeness (QED) is 0.753. The second-order valence-electron chi connectivity index (χ2n) is 5.07. The zero-order chi connectivity index (χ0) is 12.2. The molecule has 0 heterocycles. The Balaban J connectivity index is 2.41. The molecule has 1 aliphatic rings. The zero-order valence-corrected chi connectivity index (χ0v) is 11.5. The Bertz CT molecular complexity index is 243. The van der Waals surface area contributed by atoms with Gasteiger partial charge in [0, 0.05) is 17.8 Å². The lowest BCUT2D eigenvalue weighted by Crippen LogP contribution is -2.43. The Labute approximate surface area is 103 Å². The molecule has 0 aromatic carbocycles. The summed E-state index contributed by atoms with van der Waals surface area (Å²) in [5.74, 6) is -0.140. The normalized spacial score (nSPS) is 25.8. The predicted octanol–water partition coefficient (Wildman–Crippen LogP) is 2.06. The fraction of sp³-hybridized carbons (Fsp3) is 0.917. The maximum absolute atomic E-state index is 11.5. The molecule has 16 heavy (non-hydrogen) atoms. The van der Waals surface area contributed by atoms with Crippen molar-refractivity contribution >= 4 is 17.7 Å². The standard InChI is InChI=1S/C12H23NO2S/c1-12(2,11(14)15-3)8-13-9-6-5-7-10(9)16-4/h9-10,13H,5-8H2,1-4H3. The maximum atomic E-state index is 11.5. The van der Waals surface area contributed by atoms with Crippen LogP contribution in [-0.4, -0.2) is 37.2 Å². The molecule has 4 heteroatoms. The molecule has 2 unspecified atom stereocenters. The van der Waals surface area contributed by atoms with Gasteiger partial charge >= 0.3 is 5.97 Å². The van der Waals surface area contributed by atoms with E-state index >= 15 is 0 Å². The molecule has 0 aliphatic heterocycles. The van der Waals surface area contributed by atoms with Crippen molar-refractivity contribution in [1.82, 2.24) is 5.32 Å². The van der Waals surface area contributed by atoms with E-state index in [-0.39, 0.29) is 5.97 Å². The van der Waals surface area contributed by atoms with E-state index in [9.17, 15) is 4.79 Å². The highest BCUT2D eigenvalue weighted by molar-refractivity contribution is 7.99. The van der Waals surface area contributed by atoms with Crippen molar-refractivity contribution in [1.29, 1.82) is 0 Å². The highest BCUT2D eigenvalue weighted by Gasteiger charge is 2.32. The number of methoxy groups -OCH3 is 1. The van der Waals surface area contributed by atoms with Crippen LogP contribution in [0.4, 0.5) is 0 Å². The first-order valence-electron chi connectivity index (χ1n) is 5.86. The van der Waals surface area contributed by atoms with E-state index < -0.39 is 5.41 Å². The molecule has 1 N–H and O–H groups in total. The summed E-state index contributed by atoms with van der Waals surface area (Å²) in [6.45, 7) is 4.55. The first-order chi connectivity index (χ1) is 7.51. The van der Waals surface area contributed by atoms with Crippen LogP contribution < -0.4 is 5.32 Å². The molecular formula is C12H23NO2S. The first kappa shape index (κ1) is 13.8. The summed E-state index contributed by atoms with van der Waals surface area (Å²) in [5, 5.41) is 4.22. The molecule has 0 radical (unpaired) electrons. The Morgan fingerprint density at radius 3 is 2.75 bits per heavy atom. The fourth-order valence-corrected chi connectivity index (χ4v) is 3.14. The number of hydrogen-bond donors (Lipinski definition) is 1. The molecule has 1 saturated carbocycles. The molecule has 94 valence electrons. The highest BCUT2D eigenvalue weighted by atomic mass is 32.2. The molecule has 0 aromatic heterocycles. The fourth-order valence-electron chi connectivity index (χ4n) is 2.18. The van der Waals surface area contributed by atoms with Crippen molar-refractivity contribution in [3.05, 3.63) is 0 Å². The van der Waals surface area contributed by atoms with Crippen molar-refractivity contribution in [3.63, 3.8) is 0 Å². The van der Waals surface area contributed by atoms with Crippen molar-refractivity contribution in [2.75, 3.05) is 19.9 Å². The molecule has 0 aromatic rings. The van der Waals surface area contributed by atoms with Crippen molar-refractivity contribution in [2.24, 2.45) is 5.41 Å². The predicted molar refractivity (Wildman–Crippen MR) is 68.7 cm³/mol. The van der Waals surface area contributed by atoms with Crippen LogP contribution in [0.25, 0.3) is 0 Å². The van der Waals surface area contributed by atoms with Crippen molar-refractivity contribution in [3.8, 4) is 0 Å². The van der Waals surface area contributed by atoms with Gasteiger partial charge in [0.1, 0.15) is 0 Å². The van der Waals surface area contributed by atoms with Gasteiger partial charge in [-0.15, -0.1) is 0 Å². The molecule has 1 aliphatic carbocycles. The SMILES string of the molecule is COC(=O)C(C)(C)CNC1CCCC1SC. The van der Waals surface area contributed by atoms with Gasteiger partial charge in [-0.25, -0.2) is 0 Å². The number of ether oxygens (including phenoxy) is 1. The Kier molecular flexibility index (Phi) is 5.12. The van der Waals surface area contributed by atoms with Gasteiger partial charge in [-0.3, -0.25) is 4.79 Å². The van der Waals surface area contributed by atoms with Gasteiger partial charge < -0.3 is 10.1 Å². The van der Waals surface area contributed by atoms with E-state index in [2.05, 4.69) is 11.6 Å². The van der Waals surface area contributed by atoms with Crippen LogP contribution in [0, 0.1) is 5.41 Å². The van der Waals surface area contributed by atoms with Gasteiger partial charge in [-0.2, -0.15) is 11.8 Å². The monoisotopic (exact) mass is 245 g/mol. The molecule has 0 bridgehead atoms. The average molecular weight is 245 g/mol. The molecule has 0 amide bonds. The van der Waals surface area contributed by atoms with Gasteiger partial charge in [-0.05, 0) is 32.9 Å². The summed E-state index contributed by atoms with van der Waals surface area (Å²) in [6.07, 6.45) is 5.97. The number of nitrogens with one attached hydrogen (secondary N) is 1. The molecule has 2 atom stereocenters. The number of thioether (sulfide) groups is 1. The van der Waals surface area contributed by atoms with E-state index in [0.29, 0.717) is 17.8 Å². The molecule has 0 spiro atoms. The van der Waals surface area contributed by atoms with E-state index in [0.717, 1.165) is 0 Å². The second-order valence-corrected chi connectivity index (χ2v) is 6.14. The molecule has 3 nitrogen and oxygen atoms in total. The van der Waals surface area contributed by atoms with Crippen LogP contribution in [0.5, 0.6) is 0 Å². The van der Waals surface area contributed by atoms with E-state index in [1.54, 1.807) is 0 Å². The maximum Gasteiger partial charge on any atom is 0.312 e. The number of carbonyl (C=O) groups excluding carboxylic acids is 1. The lowest BCUT2D eigenvalue weighted by molar-refractivity contribution is -0.150. The number of carbonyl (C=O) groups is 1. The van der Waals surface area contributed by atoms with E-state index in [1.165, 1.54) is 26.4 Å². The highest BCUT2D eigenvalue weighted by Crippen LogP contribution is 2.29. The van der Waals surface area contributed by atoms with Gasteiger partial charge in [0.2, 0.25) is 0 Å². The summed E-state index contributed by atoms with van der Waals surface area (Å²) >= 11 is 1.93. The lowest BCUT2D eigenvalue weighted by atomic mass is 9.93. The van der Waals surface area contributed by atoms with Crippen LogP contribution in [0.15, 0.2) is 0 Å². The van der Waals surface area contributed by atoms with E-state index in [1.807, 2.05) is 25.6 Å². The smallest absolute Gasteiger partial charge is 0.312 e. The number of hydrogen-bond acceptors (Lipinski definition) is 4. The van der Waals surface area contributed by atoms with Crippen LogP contribution in [-0.2, 0) is 9.53 Å². The van der Waals surface area contributed by atoms with Crippen LogP contribution in [0.2, 0.25) is 0 Å². The van der Waals surface area contributed by atoms with Crippen LogP contribution in [0.3, 0.4) is 0 Å². The topological polar surface area (TPSA) is 38.3 Å². The average Bonchev–Trinajstić information content (AvgIpc) is 2.72. The third kappa shape index (κ3) is 3.39. The van der Waals surface area contributed by atoms with E-state index in [4.69, 9.17) is 4.74 Å². The summed E-state index contributed by atoms with van der Waals surface area (Å²) < 4.78 is 4.80. The summed E-state index contributed by atoms with van der Waals surface area (Å²) in [4.78, 5) is 11.5. The minimum atomic E-state index is -0.430. The number of rotatable bonds is 5. The minimum absolute atomic E-state index is 0.140. The van der Waals surface area contributed by atoms with Crippen molar-refractivity contribution in [2.45, 2.75) is 44.4 Å². The minimum Gasteiger partial charge on any atom is -0.469 e. The van der Waals surface area contributed by atoms with Gasteiger partial charge in [0.15, 0.2) is 0 Å². The molecule has 1 rings (SSSR count). The third-order valence-electron chi connectivity index (χ3n) is 3.30. The largest absolute Gasteiger partial charge is 0.469 e. The van der Waals surface area contributed by atoms with Crippen LogP contribution in [0.1, 0.15) is 33.1 Å².